The molecule has 0 bridgehead atoms. The first-order valence-corrected chi connectivity index (χ1v) is 3.47. The molecule has 3 heteroatoms. The number of hydrogen-bond donors (Lipinski definition) is 0. The fourth-order valence-corrected chi connectivity index (χ4v) is 1.26. The van der Waals surface area contributed by atoms with Crippen molar-refractivity contribution >= 4 is 11.3 Å². The predicted molar refractivity (Wildman–Crippen MR) is 32.9 cm³/mol. The predicted octanol–water partition coefficient (Wildman–Crippen LogP) is -2.35. The first-order chi connectivity index (χ1) is 3.93. The average molecular weight is 150 g/mol. The Labute approximate surface area is 81.0 Å². The van der Waals surface area contributed by atoms with Gasteiger partial charge in [0.1, 0.15) is 0 Å². The van der Waals surface area contributed by atoms with E-state index in [9.17, 15) is 5.11 Å². The Morgan fingerprint density at radius 3 is 2.78 bits per heavy atom. The molecule has 0 amide bonds. The second-order valence-electron chi connectivity index (χ2n) is 1.59. The van der Waals surface area contributed by atoms with Crippen LogP contribution in [0.25, 0.3) is 0 Å². The van der Waals surface area contributed by atoms with E-state index >= 15 is 0 Å². The zero-order chi connectivity index (χ0) is 5.82. The summed E-state index contributed by atoms with van der Waals surface area (Å²) in [6.45, 7) is 0.0106. The van der Waals surface area contributed by atoms with Gasteiger partial charge in [-0.05, 0) is 28.8 Å². The van der Waals surface area contributed by atoms with Gasteiger partial charge in [0.25, 0.3) is 0 Å². The van der Waals surface area contributed by atoms with Crippen LogP contribution in [-0.2, 0) is 6.42 Å². The van der Waals surface area contributed by atoms with E-state index in [1.165, 1.54) is 5.56 Å². The van der Waals surface area contributed by atoms with Gasteiger partial charge in [0, 0.05) is 0 Å². The van der Waals surface area contributed by atoms with Crippen LogP contribution in [-0.4, -0.2) is 6.61 Å². The normalized spacial score (nSPS) is 8.56. The van der Waals surface area contributed by atoms with Crippen molar-refractivity contribution in [1.82, 2.24) is 0 Å². The van der Waals surface area contributed by atoms with E-state index in [1.807, 2.05) is 16.8 Å². The maximum atomic E-state index is 10.0. The molecule has 9 heavy (non-hydrogen) atoms. The van der Waals surface area contributed by atoms with Crippen molar-refractivity contribution in [3.05, 3.63) is 22.4 Å². The quantitative estimate of drug-likeness (QED) is 0.433. The molecule has 0 unspecified atom stereocenters. The number of rotatable bonds is 2. The van der Waals surface area contributed by atoms with Crippen LogP contribution in [0.1, 0.15) is 5.56 Å². The zero-order valence-corrected chi connectivity index (χ0v) is 8.28. The molecule has 1 rings (SSSR count). The van der Waals surface area contributed by atoms with E-state index in [0.717, 1.165) is 0 Å². The molecule has 0 N–H and O–H groups in total. The van der Waals surface area contributed by atoms with Gasteiger partial charge < -0.3 is 5.11 Å². The monoisotopic (exact) mass is 150 g/mol. The summed E-state index contributed by atoms with van der Waals surface area (Å²) in [4.78, 5) is 0. The molecule has 0 aromatic carbocycles. The molecular weight excluding hydrogens is 143 g/mol. The minimum Gasteiger partial charge on any atom is -0.854 e. The minimum atomic E-state index is 0. The van der Waals surface area contributed by atoms with Crippen LogP contribution in [0.5, 0.6) is 0 Å². The Morgan fingerprint density at radius 1 is 1.56 bits per heavy atom. The van der Waals surface area contributed by atoms with Crippen molar-refractivity contribution in [3.8, 4) is 0 Å². The van der Waals surface area contributed by atoms with E-state index in [4.69, 9.17) is 0 Å². The molecule has 1 heterocycles. The fraction of sp³-hybridized carbons (Fsp3) is 0.333. The molecule has 0 aliphatic carbocycles. The van der Waals surface area contributed by atoms with Crippen molar-refractivity contribution in [2.45, 2.75) is 6.42 Å². The maximum Gasteiger partial charge on any atom is 1.00 e. The summed E-state index contributed by atoms with van der Waals surface area (Å²) in [6, 6.07) is 1.99. The molecular formula is C6H7NaOS. The van der Waals surface area contributed by atoms with Crippen molar-refractivity contribution in [3.63, 3.8) is 0 Å². The summed E-state index contributed by atoms with van der Waals surface area (Å²) in [5.41, 5.74) is 1.17. The van der Waals surface area contributed by atoms with Gasteiger partial charge in [0.2, 0.25) is 0 Å². The van der Waals surface area contributed by atoms with Crippen molar-refractivity contribution in [1.29, 1.82) is 0 Å². The molecule has 0 aliphatic heterocycles. The van der Waals surface area contributed by atoms with E-state index in [-0.39, 0.29) is 36.2 Å². The summed E-state index contributed by atoms with van der Waals surface area (Å²) in [5.74, 6) is 0. The average Bonchev–Trinajstić information content (AvgIpc) is 2.19. The Morgan fingerprint density at radius 2 is 2.33 bits per heavy atom. The molecule has 1 aromatic rings. The standard InChI is InChI=1S/C6H7OS.Na/c7-3-1-6-2-4-8-5-6;/h2,4-5H,1,3H2;/q-1;+1. The van der Waals surface area contributed by atoms with Gasteiger partial charge in [-0.25, -0.2) is 0 Å². The fourth-order valence-electron chi connectivity index (χ4n) is 0.553. The zero-order valence-electron chi connectivity index (χ0n) is 5.46. The van der Waals surface area contributed by atoms with Crippen LogP contribution in [0.4, 0.5) is 0 Å². The van der Waals surface area contributed by atoms with Gasteiger partial charge in [0.05, 0.1) is 0 Å². The van der Waals surface area contributed by atoms with Crippen LogP contribution >= 0.6 is 11.3 Å². The second kappa shape index (κ2) is 5.45. The van der Waals surface area contributed by atoms with E-state index in [2.05, 4.69) is 0 Å². The van der Waals surface area contributed by atoms with Crippen LogP contribution in [0, 0.1) is 0 Å². The van der Waals surface area contributed by atoms with Gasteiger partial charge >= 0.3 is 29.6 Å². The van der Waals surface area contributed by atoms with Gasteiger partial charge in [0.15, 0.2) is 0 Å². The van der Waals surface area contributed by atoms with Crippen LogP contribution < -0.4 is 34.7 Å². The first kappa shape index (κ1) is 9.66. The summed E-state index contributed by atoms with van der Waals surface area (Å²) < 4.78 is 0. The third-order valence-electron chi connectivity index (χ3n) is 0.971. The second-order valence-corrected chi connectivity index (χ2v) is 2.37. The Balaban J connectivity index is 0.000000640. The maximum absolute atomic E-state index is 10.0. The van der Waals surface area contributed by atoms with Gasteiger partial charge in [-0.2, -0.15) is 11.3 Å². The van der Waals surface area contributed by atoms with Crippen LogP contribution in [0.15, 0.2) is 16.8 Å². The molecule has 0 saturated carbocycles. The minimum absolute atomic E-state index is 0. The van der Waals surface area contributed by atoms with Gasteiger partial charge in [-0.1, -0.05) is 0 Å². The molecule has 0 fully saturated rings. The topological polar surface area (TPSA) is 23.1 Å². The first-order valence-electron chi connectivity index (χ1n) is 2.52. The third-order valence-corrected chi connectivity index (χ3v) is 1.70. The molecule has 1 nitrogen and oxygen atoms in total. The summed E-state index contributed by atoms with van der Waals surface area (Å²) in [7, 11) is 0. The van der Waals surface area contributed by atoms with Gasteiger partial charge in [-0.3, -0.25) is 0 Å². The van der Waals surface area contributed by atoms with Crippen molar-refractivity contribution in [2.75, 3.05) is 6.61 Å². The number of hydrogen-bond acceptors (Lipinski definition) is 2. The van der Waals surface area contributed by atoms with Crippen molar-refractivity contribution in [2.24, 2.45) is 0 Å². The van der Waals surface area contributed by atoms with E-state index in [0.29, 0.717) is 6.42 Å². The summed E-state index contributed by atoms with van der Waals surface area (Å²) in [5, 5.41) is 14.0. The SMILES string of the molecule is [Na+].[O-]CCc1ccsc1. The van der Waals surface area contributed by atoms with Crippen LogP contribution in [0.3, 0.4) is 0 Å². The number of thiophene rings is 1. The van der Waals surface area contributed by atoms with Crippen molar-refractivity contribution < 1.29 is 34.7 Å². The molecule has 0 radical (unpaired) electrons. The molecule has 1 aromatic heterocycles. The third kappa shape index (κ3) is 3.38. The molecule has 0 atom stereocenters. The molecule has 0 saturated heterocycles. The van der Waals surface area contributed by atoms with Crippen LogP contribution in [0.2, 0.25) is 0 Å². The molecule has 0 spiro atoms. The Hall–Kier alpha value is 0.660. The largest absolute Gasteiger partial charge is 1.00 e. The van der Waals surface area contributed by atoms with E-state index < -0.39 is 0 Å². The Kier molecular flexibility index (Phi) is 5.84. The Bertz CT molecular complexity index is 139. The summed E-state index contributed by atoms with van der Waals surface area (Å²) >= 11 is 1.64. The molecule has 44 valence electrons. The summed E-state index contributed by atoms with van der Waals surface area (Å²) in [6.07, 6.45) is 0.684. The smallest absolute Gasteiger partial charge is 0.854 e. The van der Waals surface area contributed by atoms with Gasteiger partial charge in [-0.15, -0.1) is 6.61 Å². The van der Waals surface area contributed by atoms with E-state index in [1.54, 1.807) is 11.3 Å². The molecule has 0 aliphatic rings.